The van der Waals surface area contributed by atoms with Gasteiger partial charge in [0.25, 0.3) is 0 Å². The number of likely N-dealkylation sites (tertiary alicyclic amines) is 1. The zero-order chi connectivity index (χ0) is 42.2. The van der Waals surface area contributed by atoms with Crippen molar-refractivity contribution in [2.75, 3.05) is 35.9 Å². The van der Waals surface area contributed by atoms with E-state index in [1.807, 2.05) is 43.3 Å². The number of hydrogen-bond acceptors (Lipinski definition) is 9. The highest BCUT2D eigenvalue weighted by molar-refractivity contribution is 8.04. The first-order chi connectivity index (χ1) is 28.3. The van der Waals surface area contributed by atoms with Crippen LogP contribution in [0.5, 0.6) is 0 Å². The van der Waals surface area contributed by atoms with Gasteiger partial charge in [-0.15, -0.1) is 18.2 Å². The summed E-state index contributed by atoms with van der Waals surface area (Å²) in [5.74, 6) is 2.28. The lowest BCUT2D eigenvalue weighted by Crippen LogP contribution is -2.47. The van der Waals surface area contributed by atoms with Gasteiger partial charge in [-0.2, -0.15) is 13.2 Å². The van der Waals surface area contributed by atoms with Crippen LogP contribution in [0.1, 0.15) is 61.5 Å². The van der Waals surface area contributed by atoms with Crippen molar-refractivity contribution < 1.29 is 21.6 Å². The fourth-order valence-corrected chi connectivity index (χ4v) is 10.8. The molecule has 0 radical (unpaired) electrons. The Morgan fingerprint density at radius 3 is 2.51 bits per heavy atom. The van der Waals surface area contributed by atoms with Crippen molar-refractivity contribution in [2.24, 2.45) is 0 Å². The number of halogens is 4. The van der Waals surface area contributed by atoms with Crippen LogP contribution in [0.3, 0.4) is 0 Å². The van der Waals surface area contributed by atoms with E-state index in [0.29, 0.717) is 48.3 Å². The smallest absolute Gasteiger partial charge is 0.380 e. The number of allylic oxidation sites excluding steroid dienone is 4. The summed E-state index contributed by atoms with van der Waals surface area (Å²) in [7, 11) is -4.18. The Balaban J connectivity index is 1.11. The van der Waals surface area contributed by atoms with E-state index in [1.165, 1.54) is 29.1 Å². The van der Waals surface area contributed by atoms with E-state index in [0.717, 1.165) is 48.2 Å². The third-order valence-corrected chi connectivity index (χ3v) is 13.9. The molecule has 2 aromatic carbocycles. The standard InChI is InChI=1S/C44H48ClF3N6O2S3/c1-5-13-39(51-31(6-2)28-57-33-14-9-8-10-15-33)41(58-44(46,47)48)21-25-59(55,56)52-43-37-20-24-54(27-40(37)49-29-50-43)32-18-22-53(23-19-32)42-36-17-12-11-16-35(36)34(7-3)38(42)26-30(4)45/h1,7-17,21,26,29,31-32,42,51H,4,6,18-20,22-25,27-28H2,2-3H3,(H,49,50,52)/b34-7-,38-26?,39-13+,41-21+. The number of benzene rings is 2. The molecular formula is C44H48ClF3N6O2S3. The molecule has 3 heterocycles. The van der Waals surface area contributed by atoms with Gasteiger partial charge in [-0.1, -0.05) is 85.6 Å². The quantitative estimate of drug-likeness (QED) is 0.0881. The first kappa shape index (κ1) is 44.6. The third kappa shape index (κ3) is 11.7. The average Bonchev–Trinajstić information content (AvgIpc) is 3.52. The van der Waals surface area contributed by atoms with Gasteiger partial charge in [-0.3, -0.25) is 14.5 Å². The molecule has 1 aliphatic carbocycles. The lowest BCUT2D eigenvalue weighted by molar-refractivity contribution is -0.0322. The SMILES string of the molecule is C#C/C=C(NC(CC)CSc1ccccc1)\C(=C/CS(=O)(=O)Nc1ncnc2c1CCN(C1CCN(C3C(=CC(=C)Cl)/C(=C\C)c4ccccc43)CC1)C2)SC(F)(F)F. The molecule has 0 amide bonds. The minimum atomic E-state index is -4.69. The van der Waals surface area contributed by atoms with Crippen molar-refractivity contribution in [1.82, 2.24) is 25.1 Å². The van der Waals surface area contributed by atoms with Crippen LogP contribution in [0.2, 0.25) is 0 Å². The van der Waals surface area contributed by atoms with Crippen LogP contribution in [0.4, 0.5) is 19.0 Å². The molecule has 0 spiro atoms. The largest absolute Gasteiger partial charge is 0.446 e. The van der Waals surface area contributed by atoms with E-state index in [9.17, 15) is 21.6 Å². The maximum absolute atomic E-state index is 13.9. The number of anilines is 1. The maximum atomic E-state index is 13.9. The van der Waals surface area contributed by atoms with Crippen molar-refractivity contribution >= 4 is 56.5 Å². The second-order valence-electron chi connectivity index (χ2n) is 14.5. The molecule has 2 unspecified atom stereocenters. The second-order valence-corrected chi connectivity index (χ2v) is 18.9. The van der Waals surface area contributed by atoms with Crippen molar-refractivity contribution in [1.29, 1.82) is 0 Å². The fraction of sp³-hybridized carbons (Fsp3) is 0.364. The molecule has 1 aromatic heterocycles. The molecule has 15 heteroatoms. The third-order valence-electron chi connectivity index (χ3n) is 10.7. The molecule has 1 saturated heterocycles. The number of aromatic nitrogens is 2. The van der Waals surface area contributed by atoms with Crippen LogP contribution in [-0.2, 0) is 23.0 Å². The number of fused-ring (bicyclic) bond motifs is 2. The highest BCUT2D eigenvalue weighted by Crippen LogP contribution is 2.49. The van der Waals surface area contributed by atoms with Crippen LogP contribution >= 0.6 is 35.1 Å². The van der Waals surface area contributed by atoms with E-state index in [4.69, 9.17) is 18.0 Å². The zero-order valence-corrected chi connectivity index (χ0v) is 36.2. The van der Waals surface area contributed by atoms with Gasteiger partial charge in [0.05, 0.1) is 23.2 Å². The summed E-state index contributed by atoms with van der Waals surface area (Å²) in [5, 5.41) is 3.64. The van der Waals surface area contributed by atoms with Gasteiger partial charge in [0, 0.05) is 70.5 Å². The predicted octanol–water partition coefficient (Wildman–Crippen LogP) is 9.69. The van der Waals surface area contributed by atoms with Crippen molar-refractivity contribution in [2.45, 2.75) is 74.6 Å². The van der Waals surface area contributed by atoms with Gasteiger partial charge < -0.3 is 5.32 Å². The number of alkyl halides is 3. The van der Waals surface area contributed by atoms with Gasteiger partial charge in [0.1, 0.15) is 12.1 Å². The molecule has 1 fully saturated rings. The molecule has 0 saturated carbocycles. The Hall–Kier alpha value is -3.97. The van der Waals surface area contributed by atoms with E-state index in [1.54, 1.807) is 11.8 Å². The summed E-state index contributed by atoms with van der Waals surface area (Å²) in [6.45, 7) is 10.9. The van der Waals surface area contributed by atoms with E-state index < -0.39 is 33.0 Å². The van der Waals surface area contributed by atoms with E-state index in [-0.39, 0.29) is 28.5 Å². The summed E-state index contributed by atoms with van der Waals surface area (Å²) in [6, 6.07) is 18.3. The van der Waals surface area contributed by atoms with Gasteiger partial charge in [0.15, 0.2) is 0 Å². The highest BCUT2D eigenvalue weighted by Gasteiger charge is 2.38. The number of sulfonamides is 1. The summed E-state index contributed by atoms with van der Waals surface area (Å²) in [4.78, 5) is 14.4. The molecule has 2 aliphatic heterocycles. The Morgan fingerprint density at radius 2 is 1.83 bits per heavy atom. The zero-order valence-electron chi connectivity index (χ0n) is 33.0. The Kier molecular flexibility index (Phi) is 15.2. The minimum absolute atomic E-state index is 0.0320. The molecule has 0 bridgehead atoms. The number of hydrogen-bond donors (Lipinski definition) is 2. The number of nitrogens with one attached hydrogen (secondary N) is 2. The van der Waals surface area contributed by atoms with Crippen LogP contribution in [-0.4, -0.2) is 76.9 Å². The van der Waals surface area contributed by atoms with Crippen molar-refractivity contribution in [3.8, 4) is 12.3 Å². The van der Waals surface area contributed by atoms with Gasteiger partial charge in [-0.05, 0) is 84.9 Å². The van der Waals surface area contributed by atoms with Gasteiger partial charge in [0.2, 0.25) is 10.0 Å². The molecule has 2 atom stereocenters. The normalized spacial score (nSPS) is 20.3. The molecule has 2 N–H and O–H groups in total. The monoisotopic (exact) mass is 880 g/mol. The van der Waals surface area contributed by atoms with Gasteiger partial charge >= 0.3 is 5.51 Å². The Morgan fingerprint density at radius 1 is 1.10 bits per heavy atom. The Bertz CT molecular complexity index is 2270. The summed E-state index contributed by atoms with van der Waals surface area (Å²) in [6.07, 6.45) is 16.3. The minimum Gasteiger partial charge on any atom is -0.380 e. The lowest BCUT2D eigenvalue weighted by atomic mass is 9.95. The molecule has 3 aliphatic rings. The summed E-state index contributed by atoms with van der Waals surface area (Å²) in [5.41, 5.74) is 1.60. The number of thioether (sulfide) groups is 2. The van der Waals surface area contributed by atoms with E-state index in [2.05, 4.69) is 79.6 Å². The van der Waals surface area contributed by atoms with Crippen molar-refractivity contribution in [3.63, 3.8) is 0 Å². The maximum Gasteiger partial charge on any atom is 0.446 e. The predicted molar refractivity (Wildman–Crippen MR) is 237 cm³/mol. The average molecular weight is 882 g/mol. The molecule has 59 heavy (non-hydrogen) atoms. The fourth-order valence-electron chi connectivity index (χ4n) is 7.94. The Labute approximate surface area is 359 Å². The van der Waals surface area contributed by atoms with Crippen LogP contribution < -0.4 is 10.0 Å². The first-order valence-corrected chi connectivity index (χ1v) is 23.3. The van der Waals surface area contributed by atoms with Crippen LogP contribution in [0, 0.1) is 12.3 Å². The molecule has 8 nitrogen and oxygen atoms in total. The summed E-state index contributed by atoms with van der Waals surface area (Å²) < 4.78 is 71.1. The second kappa shape index (κ2) is 20.1. The topological polar surface area (TPSA) is 90.5 Å². The number of rotatable bonds is 15. The lowest BCUT2D eigenvalue weighted by Gasteiger charge is -2.42. The van der Waals surface area contributed by atoms with Crippen LogP contribution in [0.25, 0.3) is 5.57 Å². The summed E-state index contributed by atoms with van der Waals surface area (Å²) >= 11 is 7.49. The number of nitrogens with zero attached hydrogens (tertiary/aromatic N) is 4. The highest BCUT2D eigenvalue weighted by atomic mass is 35.5. The molecule has 3 aromatic rings. The van der Waals surface area contributed by atoms with E-state index >= 15 is 0 Å². The van der Waals surface area contributed by atoms with Crippen molar-refractivity contribution in [3.05, 3.63) is 135 Å². The molecule has 312 valence electrons. The number of terminal acetylenes is 1. The van der Waals surface area contributed by atoms with Crippen LogP contribution in [0.15, 0.2) is 118 Å². The first-order valence-electron chi connectivity index (χ1n) is 19.5. The van der Waals surface area contributed by atoms with Gasteiger partial charge in [-0.25, -0.2) is 18.4 Å². The number of piperidine rings is 1. The molecule has 6 rings (SSSR count). The molecular weight excluding hydrogens is 833 g/mol.